The number of fused-ring (bicyclic) bond motifs is 1. The van der Waals surface area contributed by atoms with Crippen molar-refractivity contribution in [1.82, 2.24) is 5.32 Å². The summed E-state index contributed by atoms with van der Waals surface area (Å²) in [5.74, 6) is 0.977. The zero-order valence-electron chi connectivity index (χ0n) is 11.5. The highest BCUT2D eigenvalue weighted by atomic mass is 16.5. The van der Waals surface area contributed by atoms with Gasteiger partial charge in [0.2, 0.25) is 0 Å². The van der Waals surface area contributed by atoms with E-state index in [2.05, 4.69) is 17.4 Å². The second-order valence-corrected chi connectivity index (χ2v) is 4.74. The van der Waals surface area contributed by atoms with E-state index in [1.807, 2.05) is 13.1 Å². The maximum absolute atomic E-state index is 8.62. The molecular formula is C15H23NO3. The first-order valence-corrected chi connectivity index (χ1v) is 6.97. The minimum atomic E-state index is 0.0601. The van der Waals surface area contributed by atoms with E-state index in [1.165, 1.54) is 24.0 Å². The number of hydrogen-bond donors (Lipinski definition) is 2. The Kier molecular flexibility index (Phi) is 5.63. The summed E-state index contributed by atoms with van der Waals surface area (Å²) in [5, 5.41) is 12.0. The van der Waals surface area contributed by atoms with Crippen molar-refractivity contribution < 1.29 is 14.6 Å². The largest absolute Gasteiger partial charge is 0.491 e. The van der Waals surface area contributed by atoms with Gasteiger partial charge in [-0.25, -0.2) is 0 Å². The van der Waals surface area contributed by atoms with Crippen LogP contribution in [0.2, 0.25) is 0 Å². The van der Waals surface area contributed by atoms with Crippen molar-refractivity contribution >= 4 is 0 Å². The fraction of sp³-hybridized carbons (Fsp3) is 0.600. The Hall–Kier alpha value is -1.10. The summed E-state index contributed by atoms with van der Waals surface area (Å²) in [5.41, 5.74) is 2.69. The molecule has 0 saturated heterocycles. The molecule has 0 spiro atoms. The van der Waals surface area contributed by atoms with Crippen LogP contribution < -0.4 is 10.1 Å². The van der Waals surface area contributed by atoms with E-state index in [0.717, 1.165) is 12.2 Å². The average Bonchev–Trinajstić information content (AvgIpc) is 2.46. The smallest absolute Gasteiger partial charge is 0.122 e. The van der Waals surface area contributed by atoms with E-state index in [-0.39, 0.29) is 6.61 Å². The first-order chi connectivity index (χ1) is 9.36. The SMILES string of the molecule is CNC1CCCc2c(OCCOCCO)cccc21. The maximum Gasteiger partial charge on any atom is 0.122 e. The van der Waals surface area contributed by atoms with E-state index in [4.69, 9.17) is 14.6 Å². The fourth-order valence-corrected chi connectivity index (χ4v) is 2.63. The lowest BCUT2D eigenvalue weighted by molar-refractivity contribution is 0.0702. The summed E-state index contributed by atoms with van der Waals surface area (Å²) in [6, 6.07) is 6.71. The molecular weight excluding hydrogens is 242 g/mol. The quantitative estimate of drug-likeness (QED) is 0.736. The van der Waals surface area contributed by atoms with E-state index < -0.39 is 0 Å². The minimum Gasteiger partial charge on any atom is -0.491 e. The molecule has 0 fully saturated rings. The molecule has 1 aliphatic carbocycles. The molecule has 2 N–H and O–H groups in total. The molecule has 4 nitrogen and oxygen atoms in total. The molecule has 0 aromatic heterocycles. The molecule has 1 aromatic carbocycles. The lowest BCUT2D eigenvalue weighted by Crippen LogP contribution is -2.22. The van der Waals surface area contributed by atoms with Gasteiger partial charge in [-0.15, -0.1) is 0 Å². The molecule has 0 aliphatic heterocycles. The van der Waals surface area contributed by atoms with Crippen molar-refractivity contribution in [1.29, 1.82) is 0 Å². The van der Waals surface area contributed by atoms with Gasteiger partial charge in [-0.05, 0) is 43.5 Å². The van der Waals surface area contributed by atoms with Gasteiger partial charge in [0.05, 0.1) is 19.8 Å². The Morgan fingerprint density at radius 3 is 3.00 bits per heavy atom. The van der Waals surface area contributed by atoms with Gasteiger partial charge >= 0.3 is 0 Å². The first-order valence-electron chi connectivity index (χ1n) is 6.97. The highest BCUT2D eigenvalue weighted by Gasteiger charge is 2.21. The number of aliphatic hydroxyl groups is 1. The van der Waals surface area contributed by atoms with Gasteiger partial charge in [-0.2, -0.15) is 0 Å². The Morgan fingerprint density at radius 2 is 2.21 bits per heavy atom. The summed E-state index contributed by atoms with van der Waals surface area (Å²) in [6.45, 7) is 1.48. The van der Waals surface area contributed by atoms with Gasteiger partial charge in [-0.3, -0.25) is 0 Å². The second kappa shape index (κ2) is 7.48. The second-order valence-electron chi connectivity index (χ2n) is 4.74. The maximum atomic E-state index is 8.62. The molecule has 1 aromatic rings. The molecule has 0 bridgehead atoms. The molecule has 1 atom stereocenters. The van der Waals surface area contributed by atoms with Crippen molar-refractivity contribution in [3.63, 3.8) is 0 Å². The highest BCUT2D eigenvalue weighted by Crippen LogP contribution is 2.34. The van der Waals surface area contributed by atoms with Crippen molar-refractivity contribution in [2.75, 3.05) is 33.5 Å². The van der Waals surface area contributed by atoms with Crippen LogP contribution in [0.15, 0.2) is 18.2 Å². The van der Waals surface area contributed by atoms with Crippen LogP contribution in [0.1, 0.15) is 30.0 Å². The molecule has 1 unspecified atom stereocenters. The number of rotatable bonds is 7. The molecule has 1 aliphatic rings. The summed E-state index contributed by atoms with van der Waals surface area (Å²) in [6.07, 6.45) is 3.47. The average molecular weight is 265 g/mol. The summed E-state index contributed by atoms with van der Waals surface area (Å²) in [4.78, 5) is 0. The summed E-state index contributed by atoms with van der Waals surface area (Å²) < 4.78 is 11.0. The topological polar surface area (TPSA) is 50.7 Å². The van der Waals surface area contributed by atoms with Crippen LogP contribution in [-0.4, -0.2) is 38.6 Å². The van der Waals surface area contributed by atoms with Crippen LogP contribution in [0, 0.1) is 0 Å². The Labute approximate surface area is 114 Å². The zero-order valence-corrected chi connectivity index (χ0v) is 11.5. The Bertz CT molecular complexity index is 395. The monoisotopic (exact) mass is 265 g/mol. The minimum absolute atomic E-state index is 0.0601. The molecule has 0 saturated carbocycles. The summed E-state index contributed by atoms with van der Waals surface area (Å²) in [7, 11) is 2.01. The first kappa shape index (κ1) is 14.3. The standard InChI is InChI=1S/C15H23NO3/c1-16-14-6-2-5-13-12(14)4-3-7-15(13)19-11-10-18-9-8-17/h3-4,7,14,16-17H,2,5-6,8-11H2,1H3. The third-order valence-electron chi connectivity index (χ3n) is 3.53. The van der Waals surface area contributed by atoms with Crippen LogP contribution in [0.3, 0.4) is 0 Å². The van der Waals surface area contributed by atoms with E-state index in [1.54, 1.807) is 0 Å². The number of nitrogens with one attached hydrogen (secondary N) is 1. The molecule has 0 heterocycles. The van der Waals surface area contributed by atoms with Gasteiger partial charge in [0.1, 0.15) is 12.4 Å². The van der Waals surface area contributed by atoms with Crippen molar-refractivity contribution in [3.8, 4) is 5.75 Å². The van der Waals surface area contributed by atoms with Crippen molar-refractivity contribution in [3.05, 3.63) is 29.3 Å². The molecule has 106 valence electrons. The highest BCUT2D eigenvalue weighted by molar-refractivity contribution is 5.43. The van der Waals surface area contributed by atoms with E-state index >= 15 is 0 Å². The van der Waals surface area contributed by atoms with Crippen molar-refractivity contribution in [2.45, 2.75) is 25.3 Å². The predicted molar refractivity (Wildman–Crippen MR) is 74.6 cm³/mol. The van der Waals surface area contributed by atoms with Crippen molar-refractivity contribution in [2.24, 2.45) is 0 Å². The van der Waals surface area contributed by atoms with Gasteiger partial charge in [0.15, 0.2) is 0 Å². The molecule has 4 heteroatoms. The van der Waals surface area contributed by atoms with Crippen LogP contribution in [-0.2, 0) is 11.2 Å². The molecule has 0 amide bonds. The number of ether oxygens (including phenoxy) is 2. The van der Waals surface area contributed by atoms with Gasteiger partial charge in [0, 0.05) is 6.04 Å². The van der Waals surface area contributed by atoms with Crippen LogP contribution >= 0.6 is 0 Å². The van der Waals surface area contributed by atoms with Crippen LogP contribution in [0.4, 0.5) is 0 Å². The van der Waals surface area contributed by atoms with Crippen LogP contribution in [0.5, 0.6) is 5.75 Å². The number of aliphatic hydroxyl groups excluding tert-OH is 1. The van der Waals surface area contributed by atoms with E-state index in [0.29, 0.717) is 25.9 Å². The normalized spacial score (nSPS) is 18.1. The third kappa shape index (κ3) is 3.69. The lowest BCUT2D eigenvalue weighted by atomic mass is 9.87. The number of benzene rings is 1. The van der Waals surface area contributed by atoms with Gasteiger partial charge < -0.3 is 19.9 Å². The Morgan fingerprint density at radius 1 is 1.32 bits per heavy atom. The summed E-state index contributed by atoms with van der Waals surface area (Å²) >= 11 is 0. The Balaban J connectivity index is 1.97. The molecule has 0 radical (unpaired) electrons. The lowest BCUT2D eigenvalue weighted by Gasteiger charge is -2.26. The third-order valence-corrected chi connectivity index (χ3v) is 3.53. The fourth-order valence-electron chi connectivity index (χ4n) is 2.63. The molecule has 19 heavy (non-hydrogen) atoms. The van der Waals surface area contributed by atoms with Crippen LogP contribution in [0.25, 0.3) is 0 Å². The van der Waals surface area contributed by atoms with E-state index in [9.17, 15) is 0 Å². The number of hydrogen-bond acceptors (Lipinski definition) is 4. The predicted octanol–water partition coefficient (Wildman–Crippen LogP) is 1.67. The van der Waals surface area contributed by atoms with Gasteiger partial charge in [-0.1, -0.05) is 12.1 Å². The van der Waals surface area contributed by atoms with Gasteiger partial charge in [0.25, 0.3) is 0 Å². The zero-order chi connectivity index (χ0) is 13.5. The molecule has 2 rings (SSSR count).